The molecule has 0 atom stereocenters. The number of rotatable bonds is 6. The Morgan fingerprint density at radius 1 is 1.12 bits per heavy atom. The second kappa shape index (κ2) is 9.42. The van der Waals surface area contributed by atoms with E-state index in [0.717, 1.165) is 10.5 Å². The number of amides is 4. The molecule has 0 bridgehead atoms. The molecule has 1 saturated heterocycles. The van der Waals surface area contributed by atoms with E-state index in [2.05, 4.69) is 5.32 Å². The zero-order valence-electron chi connectivity index (χ0n) is 17.0. The Kier molecular flexibility index (Phi) is 6.86. The minimum atomic E-state index is -1.46. The lowest BCUT2D eigenvalue weighted by molar-refractivity contribution is -0.307. The summed E-state index contributed by atoms with van der Waals surface area (Å²) in [6.07, 6.45) is 1.22. The normalized spacial score (nSPS) is 15.3. The van der Waals surface area contributed by atoms with Crippen LogP contribution in [0.4, 0.5) is 10.5 Å². The molecule has 0 unspecified atom stereocenters. The zero-order valence-corrected chi connectivity index (χ0v) is 18.5. The van der Waals surface area contributed by atoms with Crippen LogP contribution >= 0.6 is 23.2 Å². The van der Waals surface area contributed by atoms with Gasteiger partial charge in [-0.15, -0.1) is 0 Å². The fraction of sp³-hybridized carbons (Fsp3) is 0.182. The highest BCUT2D eigenvalue weighted by molar-refractivity contribution is 6.40. The van der Waals surface area contributed by atoms with Gasteiger partial charge in [0.1, 0.15) is 12.2 Å². The molecule has 1 aliphatic heterocycles. The van der Waals surface area contributed by atoms with Crippen molar-refractivity contribution in [3.63, 3.8) is 0 Å². The van der Waals surface area contributed by atoms with Gasteiger partial charge in [-0.25, -0.2) is 9.69 Å². The average molecular weight is 476 g/mol. The van der Waals surface area contributed by atoms with Gasteiger partial charge in [0.15, 0.2) is 5.75 Å². The van der Waals surface area contributed by atoms with Gasteiger partial charge in [-0.3, -0.25) is 14.9 Å². The van der Waals surface area contributed by atoms with E-state index in [1.54, 1.807) is 24.3 Å². The topological polar surface area (TPSA) is 116 Å². The number of nitrogens with one attached hydrogen (secondary N) is 1. The maximum atomic E-state index is 13.0. The van der Waals surface area contributed by atoms with Crippen LogP contribution in [0.5, 0.6) is 5.75 Å². The fourth-order valence-electron chi connectivity index (χ4n) is 3.00. The van der Waals surface area contributed by atoms with Gasteiger partial charge >= 0.3 is 6.03 Å². The summed E-state index contributed by atoms with van der Waals surface area (Å²) in [6, 6.07) is 8.65. The zero-order chi connectivity index (χ0) is 23.6. The number of carbonyl (C=O) groups excluding carboxylic acids is 4. The number of nitrogens with zero attached hydrogens (tertiary/aromatic N) is 1. The number of hydrogen-bond acceptors (Lipinski definition) is 6. The van der Waals surface area contributed by atoms with Crippen molar-refractivity contribution in [2.24, 2.45) is 0 Å². The minimum Gasteiger partial charge on any atom is -0.546 e. The molecule has 0 radical (unpaired) electrons. The van der Waals surface area contributed by atoms with Gasteiger partial charge in [-0.2, -0.15) is 0 Å². The Labute approximate surface area is 193 Å². The first-order chi connectivity index (χ1) is 15.1. The Balaban J connectivity index is 1.94. The summed E-state index contributed by atoms with van der Waals surface area (Å²) in [5.74, 6) is -2.97. The van der Waals surface area contributed by atoms with E-state index < -0.39 is 30.4 Å². The number of carboxylic acids is 1. The molecule has 3 rings (SSSR count). The molecule has 4 amide bonds. The number of urea groups is 1. The van der Waals surface area contributed by atoms with Crippen molar-refractivity contribution in [1.82, 2.24) is 5.32 Å². The number of carboxylic acid groups (broad SMARTS) is 1. The van der Waals surface area contributed by atoms with Crippen LogP contribution in [0, 0.1) is 0 Å². The molecule has 2 aromatic rings. The Bertz CT molecular complexity index is 1120. The highest BCUT2D eigenvalue weighted by Gasteiger charge is 2.36. The van der Waals surface area contributed by atoms with E-state index in [9.17, 15) is 24.3 Å². The van der Waals surface area contributed by atoms with Crippen molar-refractivity contribution >= 4 is 58.8 Å². The van der Waals surface area contributed by atoms with Crippen molar-refractivity contribution in [2.75, 3.05) is 11.5 Å². The van der Waals surface area contributed by atoms with Gasteiger partial charge in [0.2, 0.25) is 0 Å². The van der Waals surface area contributed by atoms with Crippen LogP contribution in [0.25, 0.3) is 6.08 Å². The van der Waals surface area contributed by atoms with Crippen molar-refractivity contribution in [2.45, 2.75) is 19.8 Å². The van der Waals surface area contributed by atoms with Gasteiger partial charge in [-0.05, 0) is 47.4 Å². The van der Waals surface area contributed by atoms with E-state index in [4.69, 9.17) is 27.9 Å². The lowest BCUT2D eigenvalue weighted by Gasteiger charge is -2.26. The number of anilines is 1. The van der Waals surface area contributed by atoms with Gasteiger partial charge in [0, 0.05) is 0 Å². The molecule has 166 valence electrons. The van der Waals surface area contributed by atoms with E-state index in [-0.39, 0.29) is 32.8 Å². The summed E-state index contributed by atoms with van der Waals surface area (Å²) >= 11 is 12.2. The first-order valence-corrected chi connectivity index (χ1v) is 10.2. The smallest absolute Gasteiger partial charge is 0.335 e. The molecular formula is C22H17Cl2N2O6-. The van der Waals surface area contributed by atoms with Gasteiger partial charge in [0.25, 0.3) is 11.8 Å². The highest BCUT2D eigenvalue weighted by atomic mass is 35.5. The second-order valence-corrected chi connectivity index (χ2v) is 7.99. The summed E-state index contributed by atoms with van der Waals surface area (Å²) in [6.45, 7) is 3.27. The van der Waals surface area contributed by atoms with Crippen molar-refractivity contribution in [1.29, 1.82) is 0 Å². The highest BCUT2D eigenvalue weighted by Crippen LogP contribution is 2.35. The average Bonchev–Trinajstić information content (AvgIpc) is 2.70. The van der Waals surface area contributed by atoms with Crippen LogP contribution in [-0.4, -0.2) is 30.4 Å². The van der Waals surface area contributed by atoms with Crippen LogP contribution < -0.4 is 20.1 Å². The predicted octanol–water partition coefficient (Wildman–Crippen LogP) is 2.91. The molecule has 1 aliphatic rings. The molecular weight excluding hydrogens is 459 g/mol. The summed E-state index contributed by atoms with van der Waals surface area (Å²) in [5.41, 5.74) is 1.28. The molecule has 1 heterocycles. The fourth-order valence-corrected chi connectivity index (χ4v) is 3.61. The molecule has 1 fully saturated rings. The van der Waals surface area contributed by atoms with E-state index >= 15 is 0 Å². The molecule has 32 heavy (non-hydrogen) atoms. The molecule has 1 N–H and O–H groups in total. The molecule has 2 aromatic carbocycles. The monoisotopic (exact) mass is 475 g/mol. The van der Waals surface area contributed by atoms with E-state index in [1.807, 2.05) is 13.8 Å². The van der Waals surface area contributed by atoms with Crippen LogP contribution in [-0.2, 0) is 14.4 Å². The van der Waals surface area contributed by atoms with Crippen LogP contribution in [0.1, 0.15) is 30.9 Å². The maximum absolute atomic E-state index is 13.0. The largest absolute Gasteiger partial charge is 0.546 e. The quantitative estimate of drug-likeness (QED) is 0.507. The lowest BCUT2D eigenvalue weighted by atomic mass is 10.0. The lowest BCUT2D eigenvalue weighted by Crippen LogP contribution is -2.54. The molecule has 0 saturated carbocycles. The number of barbiturate groups is 1. The third-order valence-electron chi connectivity index (χ3n) is 4.59. The number of carbonyl (C=O) groups is 4. The third-order valence-corrected chi connectivity index (χ3v) is 5.15. The standard InChI is InChI=1S/C22H18Cl2N2O6/c1-11(2)13-3-5-14(6-4-13)26-21(30)15(20(29)25-22(26)31)7-12-8-16(23)19(17(24)9-12)32-10-18(27)28/h3-9,11H,10H2,1-2H3,(H,27,28)(H,25,29,31)/p-1/b15-7+. The Morgan fingerprint density at radius 3 is 2.25 bits per heavy atom. The number of hydrogen-bond donors (Lipinski definition) is 1. The number of ether oxygens (including phenoxy) is 1. The van der Waals surface area contributed by atoms with Crippen molar-refractivity contribution < 1.29 is 29.0 Å². The van der Waals surface area contributed by atoms with E-state index in [0.29, 0.717) is 5.69 Å². The Hall–Kier alpha value is -3.36. The summed E-state index contributed by atoms with van der Waals surface area (Å²) in [4.78, 5) is 49.1. The van der Waals surface area contributed by atoms with Gasteiger partial charge in [-0.1, -0.05) is 49.2 Å². The van der Waals surface area contributed by atoms with Crippen molar-refractivity contribution in [3.8, 4) is 5.75 Å². The minimum absolute atomic E-state index is 0.0357. The summed E-state index contributed by atoms with van der Waals surface area (Å²) in [5, 5.41) is 12.6. The number of aliphatic carboxylic acids is 1. The predicted molar refractivity (Wildman–Crippen MR) is 116 cm³/mol. The van der Waals surface area contributed by atoms with Crippen LogP contribution in [0.2, 0.25) is 10.0 Å². The molecule has 0 aliphatic carbocycles. The summed E-state index contributed by atoms with van der Waals surface area (Å²) < 4.78 is 4.99. The number of halogens is 2. The third kappa shape index (κ3) is 4.92. The van der Waals surface area contributed by atoms with Gasteiger partial charge < -0.3 is 14.6 Å². The number of imide groups is 2. The number of benzene rings is 2. The second-order valence-electron chi connectivity index (χ2n) is 7.18. The van der Waals surface area contributed by atoms with Crippen molar-refractivity contribution in [3.05, 3.63) is 63.1 Å². The molecule has 8 nitrogen and oxygen atoms in total. The van der Waals surface area contributed by atoms with Gasteiger partial charge in [0.05, 0.1) is 21.7 Å². The Morgan fingerprint density at radius 2 is 1.72 bits per heavy atom. The van der Waals surface area contributed by atoms with E-state index in [1.165, 1.54) is 18.2 Å². The van der Waals surface area contributed by atoms with Crippen LogP contribution in [0.15, 0.2) is 42.0 Å². The SMILES string of the molecule is CC(C)c1ccc(N2C(=O)NC(=O)/C(=C\c3cc(Cl)c(OCC(=O)[O-])c(Cl)c3)C2=O)cc1. The molecule has 0 spiro atoms. The first-order valence-electron chi connectivity index (χ1n) is 9.41. The maximum Gasteiger partial charge on any atom is 0.335 e. The molecule has 0 aromatic heterocycles. The molecule has 10 heteroatoms. The first kappa shape index (κ1) is 23.3. The summed E-state index contributed by atoms with van der Waals surface area (Å²) in [7, 11) is 0. The van der Waals surface area contributed by atoms with Crippen LogP contribution in [0.3, 0.4) is 0 Å².